The third-order valence-corrected chi connectivity index (χ3v) is 11.3. The van der Waals surface area contributed by atoms with Gasteiger partial charge in [-0.05, 0) is 44.9 Å². The Kier molecular flexibility index (Phi) is 45.3. The predicted octanol–water partition coefficient (Wildman–Crippen LogP) is 16.2. The number of hydrogen-bond donors (Lipinski definition) is 0. The van der Waals surface area contributed by atoms with Crippen LogP contribution < -0.4 is 0 Å². The van der Waals surface area contributed by atoms with E-state index in [0.29, 0.717) is 19.3 Å². The van der Waals surface area contributed by atoms with Crippen molar-refractivity contribution in [1.82, 2.24) is 0 Å². The predicted molar refractivity (Wildman–Crippen MR) is 243 cm³/mol. The van der Waals surface area contributed by atoms with E-state index in [1.54, 1.807) is 0 Å². The molecule has 336 valence electrons. The second kappa shape index (κ2) is 46.8. The molecule has 57 heavy (non-hydrogen) atoms. The molecule has 0 saturated heterocycles. The average Bonchev–Trinajstić information content (AvgIpc) is 3.21. The molecule has 0 amide bonds. The van der Waals surface area contributed by atoms with Crippen LogP contribution in [0.15, 0.2) is 12.2 Å². The normalized spacial score (nSPS) is 12.0. The van der Waals surface area contributed by atoms with Crippen LogP contribution in [-0.2, 0) is 28.6 Å². The molecule has 0 rings (SSSR count). The first-order valence-electron chi connectivity index (χ1n) is 25.2. The fourth-order valence-electron chi connectivity index (χ4n) is 7.44. The van der Waals surface area contributed by atoms with Crippen LogP contribution in [0.4, 0.5) is 0 Å². The summed E-state index contributed by atoms with van der Waals surface area (Å²) in [5, 5.41) is 0. The van der Waals surface area contributed by atoms with Gasteiger partial charge in [-0.1, -0.05) is 226 Å². The van der Waals surface area contributed by atoms with Crippen LogP contribution in [0.3, 0.4) is 0 Å². The molecule has 0 N–H and O–H groups in total. The summed E-state index contributed by atoms with van der Waals surface area (Å²) in [4.78, 5) is 37.8. The largest absolute Gasteiger partial charge is 0.462 e. The number of hydrogen-bond acceptors (Lipinski definition) is 6. The lowest BCUT2D eigenvalue weighted by Crippen LogP contribution is -2.30. The first-order valence-corrected chi connectivity index (χ1v) is 25.2. The molecule has 6 nitrogen and oxygen atoms in total. The summed E-state index contributed by atoms with van der Waals surface area (Å²) < 4.78 is 16.8. The lowest BCUT2D eigenvalue weighted by Gasteiger charge is -2.18. The van der Waals surface area contributed by atoms with Crippen molar-refractivity contribution in [2.45, 2.75) is 284 Å². The maximum atomic E-state index is 12.7. The van der Waals surface area contributed by atoms with Crippen molar-refractivity contribution < 1.29 is 28.6 Å². The molecule has 0 aromatic heterocycles. The highest BCUT2D eigenvalue weighted by molar-refractivity contribution is 5.71. The van der Waals surface area contributed by atoms with Crippen LogP contribution in [0.25, 0.3) is 0 Å². The molecule has 0 radical (unpaired) electrons. The van der Waals surface area contributed by atoms with E-state index in [-0.39, 0.29) is 31.1 Å². The van der Waals surface area contributed by atoms with Crippen molar-refractivity contribution in [2.24, 2.45) is 0 Å². The molecule has 0 heterocycles. The molecule has 1 atom stereocenters. The van der Waals surface area contributed by atoms with Gasteiger partial charge >= 0.3 is 17.9 Å². The number of carbonyl (C=O) groups excluding carboxylic acids is 3. The highest BCUT2D eigenvalue weighted by Gasteiger charge is 2.19. The van der Waals surface area contributed by atoms with E-state index in [1.165, 1.54) is 173 Å². The van der Waals surface area contributed by atoms with Gasteiger partial charge in [0.15, 0.2) is 6.10 Å². The minimum absolute atomic E-state index is 0.0683. The number of rotatable bonds is 46. The van der Waals surface area contributed by atoms with Gasteiger partial charge in [-0.25, -0.2) is 0 Å². The molecule has 0 fully saturated rings. The smallest absolute Gasteiger partial charge is 0.306 e. The van der Waals surface area contributed by atoms with E-state index < -0.39 is 6.10 Å². The first-order chi connectivity index (χ1) is 28.0. The van der Waals surface area contributed by atoms with Gasteiger partial charge in [0.2, 0.25) is 0 Å². The van der Waals surface area contributed by atoms with Crippen LogP contribution >= 0.6 is 0 Å². The quantitative estimate of drug-likeness (QED) is 0.0264. The Morgan fingerprint density at radius 2 is 0.579 bits per heavy atom. The highest BCUT2D eigenvalue weighted by atomic mass is 16.6. The first kappa shape index (κ1) is 55.2. The maximum Gasteiger partial charge on any atom is 0.306 e. The highest BCUT2D eigenvalue weighted by Crippen LogP contribution is 2.16. The second-order valence-corrected chi connectivity index (χ2v) is 17.1. The molecule has 0 spiro atoms. The van der Waals surface area contributed by atoms with Crippen molar-refractivity contribution >= 4 is 17.9 Å². The van der Waals surface area contributed by atoms with Crippen molar-refractivity contribution in [3.8, 4) is 0 Å². The number of carbonyl (C=O) groups is 3. The number of ether oxygens (including phenoxy) is 3. The fraction of sp³-hybridized carbons (Fsp3) is 0.902. The summed E-state index contributed by atoms with van der Waals surface area (Å²) in [7, 11) is 0. The molecule has 0 aliphatic rings. The van der Waals surface area contributed by atoms with Crippen molar-refractivity contribution in [2.75, 3.05) is 13.2 Å². The molecule has 0 saturated carbocycles. The van der Waals surface area contributed by atoms with Crippen molar-refractivity contribution in [3.05, 3.63) is 12.2 Å². The Morgan fingerprint density at radius 3 is 0.877 bits per heavy atom. The van der Waals surface area contributed by atoms with E-state index in [0.717, 1.165) is 64.2 Å². The molecule has 0 aliphatic heterocycles. The minimum atomic E-state index is -0.766. The number of allylic oxidation sites excluding steroid dienone is 2. The zero-order valence-electron chi connectivity index (χ0n) is 38.4. The monoisotopic (exact) mass is 805 g/mol. The van der Waals surface area contributed by atoms with E-state index in [9.17, 15) is 14.4 Å². The lowest BCUT2D eigenvalue weighted by molar-refractivity contribution is -0.167. The summed E-state index contributed by atoms with van der Waals surface area (Å²) in [5.74, 6) is -0.864. The summed E-state index contributed by atoms with van der Waals surface area (Å²) in [6, 6.07) is 0. The van der Waals surface area contributed by atoms with E-state index in [1.807, 2.05) is 0 Å². The van der Waals surface area contributed by atoms with Crippen LogP contribution in [0.1, 0.15) is 278 Å². The molecule has 0 aromatic rings. The molecule has 0 unspecified atom stereocenters. The van der Waals surface area contributed by atoms with Crippen LogP contribution in [-0.4, -0.2) is 37.2 Å². The average molecular weight is 805 g/mol. The van der Waals surface area contributed by atoms with Gasteiger partial charge in [-0.2, -0.15) is 0 Å². The van der Waals surface area contributed by atoms with Gasteiger partial charge in [0.1, 0.15) is 13.2 Å². The van der Waals surface area contributed by atoms with Gasteiger partial charge in [0.05, 0.1) is 0 Å². The zero-order chi connectivity index (χ0) is 41.5. The summed E-state index contributed by atoms with van der Waals surface area (Å²) in [6.07, 6.45) is 50.5. The van der Waals surface area contributed by atoms with E-state index >= 15 is 0 Å². The molecular formula is C51H96O6. The molecule has 0 bridgehead atoms. The maximum absolute atomic E-state index is 12.7. The van der Waals surface area contributed by atoms with Crippen LogP contribution in [0.2, 0.25) is 0 Å². The SMILES string of the molecule is CCCCCCC/C=C\CCCCCCCC(=O)O[C@H](COC(=O)CCCCCCCCCCCC)COC(=O)CCCCCCCCCCCCCCCCC. The van der Waals surface area contributed by atoms with E-state index in [4.69, 9.17) is 14.2 Å². The summed E-state index contributed by atoms with van der Waals surface area (Å²) in [6.45, 7) is 6.64. The summed E-state index contributed by atoms with van der Waals surface area (Å²) in [5.41, 5.74) is 0. The molecule has 0 aliphatic carbocycles. The van der Waals surface area contributed by atoms with Crippen LogP contribution in [0.5, 0.6) is 0 Å². The molecular weight excluding hydrogens is 709 g/mol. The third-order valence-electron chi connectivity index (χ3n) is 11.3. The Bertz CT molecular complexity index is 885. The second-order valence-electron chi connectivity index (χ2n) is 17.1. The molecule has 0 aromatic carbocycles. The topological polar surface area (TPSA) is 78.9 Å². The van der Waals surface area contributed by atoms with Crippen molar-refractivity contribution in [1.29, 1.82) is 0 Å². The Labute approximate surface area is 354 Å². The van der Waals surface area contributed by atoms with E-state index in [2.05, 4.69) is 32.9 Å². The molecule has 6 heteroatoms. The number of unbranched alkanes of at least 4 members (excludes halogenated alkanes) is 33. The zero-order valence-corrected chi connectivity index (χ0v) is 38.4. The Hall–Kier alpha value is -1.85. The van der Waals surface area contributed by atoms with Crippen LogP contribution in [0, 0.1) is 0 Å². The van der Waals surface area contributed by atoms with Crippen molar-refractivity contribution in [3.63, 3.8) is 0 Å². The fourth-order valence-corrected chi connectivity index (χ4v) is 7.44. The lowest BCUT2D eigenvalue weighted by atomic mass is 10.0. The van der Waals surface area contributed by atoms with Gasteiger partial charge in [-0.15, -0.1) is 0 Å². The number of esters is 3. The Balaban J connectivity index is 4.32. The van der Waals surface area contributed by atoms with Gasteiger partial charge in [0, 0.05) is 19.3 Å². The third kappa shape index (κ3) is 45.1. The Morgan fingerprint density at radius 1 is 0.333 bits per heavy atom. The summed E-state index contributed by atoms with van der Waals surface area (Å²) >= 11 is 0. The van der Waals surface area contributed by atoms with Gasteiger partial charge < -0.3 is 14.2 Å². The van der Waals surface area contributed by atoms with Gasteiger partial charge in [-0.3, -0.25) is 14.4 Å². The standard InChI is InChI=1S/C51H96O6/c1-4-7-10-13-16-19-22-24-26-28-29-32-35-38-41-44-50(53)56-47-48(46-55-49(52)43-40-37-34-31-21-18-15-12-9-6-3)57-51(54)45-42-39-36-33-30-27-25-23-20-17-14-11-8-5-2/h23,25,48H,4-22,24,26-47H2,1-3H3/b25-23-/t48-/m1/s1. The minimum Gasteiger partial charge on any atom is -0.462 e. The van der Waals surface area contributed by atoms with Gasteiger partial charge in [0.25, 0.3) is 0 Å².